The fraction of sp³-hybridized carbons (Fsp3) is 0. The smallest absolute Gasteiger partial charge is 0.267 e. The van der Waals surface area contributed by atoms with Crippen molar-refractivity contribution in [2.45, 2.75) is 4.90 Å². The lowest BCUT2D eigenvalue weighted by molar-refractivity contribution is 0.522. The molecular formula is C11H7BrClF2N3O2S. The number of sulfonamides is 1. The predicted octanol–water partition coefficient (Wildman–Crippen LogP) is 3.16. The van der Waals surface area contributed by atoms with Gasteiger partial charge in [-0.15, -0.1) is 0 Å². The molecule has 0 saturated carbocycles. The van der Waals surface area contributed by atoms with Crippen LogP contribution in [0.25, 0.3) is 0 Å². The average Bonchev–Trinajstić information content (AvgIpc) is 2.31. The second kappa shape index (κ2) is 5.74. The topological polar surface area (TPSA) is 85.1 Å². The number of rotatable bonds is 3. The van der Waals surface area contributed by atoms with Crippen LogP contribution in [0.5, 0.6) is 0 Å². The van der Waals surface area contributed by atoms with Gasteiger partial charge >= 0.3 is 0 Å². The van der Waals surface area contributed by atoms with E-state index in [0.29, 0.717) is 16.6 Å². The van der Waals surface area contributed by atoms with E-state index in [-0.39, 0.29) is 16.5 Å². The highest BCUT2D eigenvalue weighted by molar-refractivity contribution is 9.10. The first-order valence-corrected chi connectivity index (χ1v) is 7.94. The standard InChI is InChI=1S/C11H7BrClF2N3O2S/c12-7-3-6(4-17-11(7)13)18-21(19,20)10-8(14)1-5(16)2-9(10)15/h1-4,18H,16H2. The summed E-state index contributed by atoms with van der Waals surface area (Å²) in [4.78, 5) is 2.58. The molecule has 0 amide bonds. The van der Waals surface area contributed by atoms with Crippen LogP contribution < -0.4 is 10.5 Å². The van der Waals surface area contributed by atoms with Crippen molar-refractivity contribution in [2.75, 3.05) is 10.5 Å². The molecule has 1 aromatic heterocycles. The molecule has 0 unspecified atom stereocenters. The summed E-state index contributed by atoms with van der Waals surface area (Å²) in [6, 6.07) is 2.74. The number of nitrogens with zero attached hydrogens (tertiary/aromatic N) is 1. The number of nitrogens with two attached hydrogens (primary N) is 1. The summed E-state index contributed by atoms with van der Waals surface area (Å²) in [7, 11) is -4.48. The molecule has 0 atom stereocenters. The molecule has 112 valence electrons. The highest BCUT2D eigenvalue weighted by Gasteiger charge is 2.25. The largest absolute Gasteiger partial charge is 0.399 e. The fourth-order valence-corrected chi connectivity index (χ4v) is 3.13. The molecule has 0 bridgehead atoms. The van der Waals surface area contributed by atoms with Gasteiger partial charge in [-0.1, -0.05) is 11.6 Å². The zero-order valence-corrected chi connectivity index (χ0v) is 13.2. The number of anilines is 2. The number of halogens is 4. The summed E-state index contributed by atoms with van der Waals surface area (Å²) < 4.78 is 53.7. The third-order valence-corrected chi connectivity index (χ3v) is 4.90. The molecule has 10 heteroatoms. The lowest BCUT2D eigenvalue weighted by Crippen LogP contribution is -2.17. The van der Waals surface area contributed by atoms with E-state index >= 15 is 0 Å². The van der Waals surface area contributed by atoms with E-state index in [2.05, 4.69) is 20.9 Å². The van der Waals surface area contributed by atoms with E-state index in [4.69, 9.17) is 17.3 Å². The molecule has 21 heavy (non-hydrogen) atoms. The molecule has 0 aliphatic heterocycles. The summed E-state index contributed by atoms with van der Waals surface area (Å²) in [6.45, 7) is 0. The van der Waals surface area contributed by atoms with Crippen molar-refractivity contribution in [1.29, 1.82) is 0 Å². The molecule has 0 spiro atoms. The predicted molar refractivity (Wildman–Crippen MR) is 78.5 cm³/mol. The first-order valence-electron chi connectivity index (χ1n) is 5.29. The van der Waals surface area contributed by atoms with Gasteiger partial charge < -0.3 is 5.73 Å². The van der Waals surface area contributed by atoms with E-state index in [1.807, 2.05) is 4.72 Å². The maximum absolute atomic E-state index is 13.7. The van der Waals surface area contributed by atoms with Crippen LogP contribution in [0.3, 0.4) is 0 Å². The Morgan fingerprint density at radius 1 is 1.24 bits per heavy atom. The van der Waals surface area contributed by atoms with Gasteiger partial charge in [-0.05, 0) is 34.1 Å². The summed E-state index contributed by atoms with van der Waals surface area (Å²) in [5.74, 6) is -2.58. The van der Waals surface area contributed by atoms with Crippen LogP contribution in [0.2, 0.25) is 5.15 Å². The number of nitrogens with one attached hydrogen (secondary N) is 1. The molecule has 2 rings (SSSR count). The molecule has 0 aliphatic rings. The number of benzene rings is 1. The molecule has 1 aromatic carbocycles. The minimum atomic E-state index is -4.48. The minimum absolute atomic E-state index is 0.0121. The minimum Gasteiger partial charge on any atom is -0.399 e. The maximum atomic E-state index is 13.7. The van der Waals surface area contributed by atoms with Crippen LogP contribution in [0, 0.1) is 11.6 Å². The van der Waals surface area contributed by atoms with E-state index < -0.39 is 26.6 Å². The summed E-state index contributed by atoms with van der Waals surface area (Å²) in [5.41, 5.74) is 5.00. The van der Waals surface area contributed by atoms with Crippen LogP contribution in [-0.2, 0) is 10.0 Å². The van der Waals surface area contributed by atoms with Crippen LogP contribution in [-0.4, -0.2) is 13.4 Å². The van der Waals surface area contributed by atoms with Gasteiger partial charge in [0, 0.05) is 5.69 Å². The Hall–Kier alpha value is -1.45. The molecule has 5 nitrogen and oxygen atoms in total. The summed E-state index contributed by atoms with van der Waals surface area (Å²) in [6.07, 6.45) is 1.11. The fourth-order valence-electron chi connectivity index (χ4n) is 1.52. The molecule has 2 aromatic rings. The van der Waals surface area contributed by atoms with Crippen molar-refractivity contribution in [1.82, 2.24) is 4.98 Å². The molecular weight excluding hydrogens is 392 g/mol. The Bertz CT molecular complexity index is 794. The third-order valence-electron chi connectivity index (χ3n) is 2.34. The molecule has 0 radical (unpaired) electrons. The first-order chi connectivity index (χ1) is 9.70. The zero-order valence-electron chi connectivity index (χ0n) is 10.1. The van der Waals surface area contributed by atoms with E-state index in [1.165, 1.54) is 6.07 Å². The third kappa shape index (κ3) is 3.42. The number of pyridine rings is 1. The van der Waals surface area contributed by atoms with Crippen LogP contribution >= 0.6 is 27.5 Å². The van der Waals surface area contributed by atoms with Crippen molar-refractivity contribution < 1.29 is 17.2 Å². The first kappa shape index (κ1) is 15.9. The van der Waals surface area contributed by atoms with Gasteiger partial charge in [0.05, 0.1) is 16.4 Å². The molecule has 0 saturated heterocycles. The normalized spacial score (nSPS) is 11.4. The molecule has 1 heterocycles. The molecule has 3 N–H and O–H groups in total. The van der Waals surface area contributed by atoms with Crippen LogP contribution in [0.4, 0.5) is 20.2 Å². The van der Waals surface area contributed by atoms with Crippen LogP contribution in [0.1, 0.15) is 0 Å². The van der Waals surface area contributed by atoms with Gasteiger partial charge in [-0.3, -0.25) is 4.72 Å². The molecule has 0 aliphatic carbocycles. The van der Waals surface area contributed by atoms with Crippen molar-refractivity contribution in [3.8, 4) is 0 Å². The van der Waals surface area contributed by atoms with E-state index in [0.717, 1.165) is 6.20 Å². The van der Waals surface area contributed by atoms with E-state index in [1.54, 1.807) is 0 Å². The Labute approximate surface area is 132 Å². The lowest BCUT2D eigenvalue weighted by Gasteiger charge is -2.10. The Morgan fingerprint density at radius 2 is 1.81 bits per heavy atom. The summed E-state index contributed by atoms with van der Waals surface area (Å²) in [5, 5.41) is 0.114. The number of hydrogen-bond acceptors (Lipinski definition) is 4. The highest BCUT2D eigenvalue weighted by Crippen LogP contribution is 2.27. The van der Waals surface area contributed by atoms with Gasteiger partial charge in [0.25, 0.3) is 10.0 Å². The van der Waals surface area contributed by atoms with Crippen LogP contribution in [0.15, 0.2) is 33.8 Å². The van der Waals surface area contributed by atoms with Gasteiger partial charge in [0.15, 0.2) is 4.90 Å². The second-order valence-electron chi connectivity index (χ2n) is 3.92. The average molecular weight is 399 g/mol. The second-order valence-corrected chi connectivity index (χ2v) is 6.75. The summed E-state index contributed by atoms with van der Waals surface area (Å²) >= 11 is 8.72. The monoisotopic (exact) mass is 397 g/mol. The maximum Gasteiger partial charge on any atom is 0.267 e. The Kier molecular flexibility index (Phi) is 4.35. The van der Waals surface area contributed by atoms with Gasteiger partial charge in [0.1, 0.15) is 16.8 Å². The number of aromatic nitrogens is 1. The van der Waals surface area contributed by atoms with Gasteiger partial charge in [-0.2, -0.15) is 0 Å². The van der Waals surface area contributed by atoms with Crippen molar-refractivity contribution in [2.24, 2.45) is 0 Å². The van der Waals surface area contributed by atoms with Crippen molar-refractivity contribution in [3.05, 3.63) is 45.7 Å². The molecule has 0 fully saturated rings. The Morgan fingerprint density at radius 3 is 2.33 bits per heavy atom. The zero-order chi connectivity index (χ0) is 15.8. The van der Waals surface area contributed by atoms with Gasteiger partial charge in [-0.25, -0.2) is 22.2 Å². The number of nitrogen functional groups attached to an aromatic ring is 1. The van der Waals surface area contributed by atoms with Crippen molar-refractivity contribution >= 4 is 48.9 Å². The SMILES string of the molecule is Nc1cc(F)c(S(=O)(=O)Nc2cnc(Cl)c(Br)c2)c(F)c1. The quantitative estimate of drug-likeness (QED) is 0.614. The Balaban J connectivity index is 2.46. The van der Waals surface area contributed by atoms with E-state index in [9.17, 15) is 17.2 Å². The van der Waals surface area contributed by atoms with Crippen molar-refractivity contribution in [3.63, 3.8) is 0 Å². The number of hydrogen-bond donors (Lipinski definition) is 2. The highest BCUT2D eigenvalue weighted by atomic mass is 79.9. The lowest BCUT2D eigenvalue weighted by atomic mass is 10.3. The van der Waals surface area contributed by atoms with Gasteiger partial charge in [0.2, 0.25) is 0 Å².